The van der Waals surface area contributed by atoms with Crippen molar-refractivity contribution in [1.82, 2.24) is 20.1 Å². The maximum Gasteiger partial charge on any atom is 0.253 e. The van der Waals surface area contributed by atoms with Crippen LogP contribution in [0.2, 0.25) is 0 Å². The quantitative estimate of drug-likeness (QED) is 0.781. The third-order valence-electron chi connectivity index (χ3n) is 6.86. The standard InChI is InChI=1S/C25H32N4O2/c1-28(2)16-13-27-23(30)17-20-18-25(22-6-4-3-5-21(20)22)9-14-29(15-10-25)24(31)19-7-11-26-12-8-19/h3-8,11-12,20H,9-10,13-18H2,1-2H3,(H,27,30). The van der Waals surface area contributed by atoms with E-state index in [0.29, 0.717) is 18.5 Å². The van der Waals surface area contributed by atoms with Crippen LogP contribution in [0.15, 0.2) is 48.8 Å². The Morgan fingerprint density at radius 1 is 1.13 bits per heavy atom. The van der Waals surface area contributed by atoms with E-state index in [4.69, 9.17) is 0 Å². The minimum Gasteiger partial charge on any atom is -0.355 e. The molecule has 1 aliphatic heterocycles. The van der Waals surface area contributed by atoms with E-state index in [1.54, 1.807) is 24.5 Å². The SMILES string of the molecule is CN(C)CCNC(=O)CC1CC2(CCN(C(=O)c3ccncc3)CC2)c2ccccc21. The Balaban J connectivity index is 1.43. The molecule has 0 radical (unpaired) electrons. The van der Waals surface area contributed by atoms with Gasteiger partial charge < -0.3 is 15.1 Å². The molecule has 2 aromatic rings. The molecule has 1 saturated heterocycles. The number of nitrogens with one attached hydrogen (secondary N) is 1. The summed E-state index contributed by atoms with van der Waals surface area (Å²) in [6, 6.07) is 12.2. The first-order valence-electron chi connectivity index (χ1n) is 11.2. The predicted octanol–water partition coefficient (Wildman–Crippen LogP) is 2.81. The highest BCUT2D eigenvalue weighted by Crippen LogP contribution is 2.52. The Kier molecular flexibility index (Phi) is 6.37. The lowest BCUT2D eigenvalue weighted by atomic mass is 9.73. The average molecular weight is 421 g/mol. The fraction of sp³-hybridized carbons (Fsp3) is 0.480. The van der Waals surface area contributed by atoms with Crippen molar-refractivity contribution in [3.8, 4) is 0 Å². The molecule has 0 bridgehead atoms. The van der Waals surface area contributed by atoms with Crippen LogP contribution in [0.5, 0.6) is 0 Å². The van der Waals surface area contributed by atoms with Gasteiger partial charge in [0.1, 0.15) is 0 Å². The van der Waals surface area contributed by atoms with Gasteiger partial charge in [-0.05, 0) is 68.0 Å². The minimum atomic E-state index is 0.0696. The van der Waals surface area contributed by atoms with Gasteiger partial charge in [-0.3, -0.25) is 14.6 Å². The van der Waals surface area contributed by atoms with Gasteiger partial charge in [-0.1, -0.05) is 24.3 Å². The first-order valence-corrected chi connectivity index (χ1v) is 11.2. The summed E-state index contributed by atoms with van der Waals surface area (Å²) in [4.78, 5) is 33.5. The van der Waals surface area contributed by atoms with Crippen LogP contribution in [0.4, 0.5) is 0 Å². The summed E-state index contributed by atoms with van der Waals surface area (Å²) < 4.78 is 0. The molecule has 1 aromatic heterocycles. The van der Waals surface area contributed by atoms with Crippen LogP contribution < -0.4 is 5.32 Å². The van der Waals surface area contributed by atoms with Crippen molar-refractivity contribution in [3.05, 3.63) is 65.5 Å². The van der Waals surface area contributed by atoms with Gasteiger partial charge in [0.25, 0.3) is 5.91 Å². The second-order valence-corrected chi connectivity index (χ2v) is 9.15. The van der Waals surface area contributed by atoms with E-state index in [2.05, 4.69) is 39.5 Å². The molecule has 1 fully saturated rings. The van der Waals surface area contributed by atoms with E-state index in [1.807, 2.05) is 19.0 Å². The second-order valence-electron chi connectivity index (χ2n) is 9.15. The topological polar surface area (TPSA) is 65.5 Å². The van der Waals surface area contributed by atoms with Crippen molar-refractivity contribution in [3.63, 3.8) is 0 Å². The van der Waals surface area contributed by atoms with Gasteiger partial charge in [-0.25, -0.2) is 0 Å². The van der Waals surface area contributed by atoms with Gasteiger partial charge in [-0.2, -0.15) is 0 Å². The molecule has 4 rings (SSSR count). The van der Waals surface area contributed by atoms with E-state index in [9.17, 15) is 9.59 Å². The molecule has 1 N–H and O–H groups in total. The highest BCUT2D eigenvalue weighted by molar-refractivity contribution is 5.94. The molecule has 164 valence electrons. The fourth-order valence-electron chi connectivity index (χ4n) is 5.21. The molecule has 2 amide bonds. The normalized spacial score (nSPS) is 19.5. The monoisotopic (exact) mass is 420 g/mol. The molecule has 1 spiro atoms. The van der Waals surface area contributed by atoms with Crippen LogP contribution >= 0.6 is 0 Å². The van der Waals surface area contributed by atoms with Crippen molar-refractivity contribution < 1.29 is 9.59 Å². The summed E-state index contributed by atoms with van der Waals surface area (Å²) in [5.41, 5.74) is 3.47. The number of piperidine rings is 1. The highest BCUT2D eigenvalue weighted by Gasteiger charge is 2.46. The minimum absolute atomic E-state index is 0.0696. The first-order chi connectivity index (χ1) is 15.0. The van der Waals surface area contributed by atoms with Crippen molar-refractivity contribution in [2.45, 2.75) is 37.0 Å². The Morgan fingerprint density at radius 3 is 2.55 bits per heavy atom. The van der Waals surface area contributed by atoms with Crippen LogP contribution in [-0.2, 0) is 10.2 Å². The predicted molar refractivity (Wildman–Crippen MR) is 121 cm³/mol. The van der Waals surface area contributed by atoms with E-state index in [-0.39, 0.29) is 23.1 Å². The summed E-state index contributed by atoms with van der Waals surface area (Å²) in [5, 5.41) is 3.06. The number of nitrogens with zero attached hydrogens (tertiary/aromatic N) is 3. The summed E-state index contributed by atoms with van der Waals surface area (Å²) >= 11 is 0. The maximum absolute atomic E-state index is 12.8. The smallest absolute Gasteiger partial charge is 0.253 e. The zero-order valence-electron chi connectivity index (χ0n) is 18.5. The van der Waals surface area contributed by atoms with Crippen LogP contribution in [0, 0.1) is 0 Å². The van der Waals surface area contributed by atoms with Crippen LogP contribution in [0.1, 0.15) is 53.1 Å². The number of aromatic nitrogens is 1. The van der Waals surface area contributed by atoms with Crippen molar-refractivity contribution in [2.75, 3.05) is 40.3 Å². The molecule has 1 aromatic carbocycles. The molecule has 2 aliphatic rings. The van der Waals surface area contributed by atoms with Crippen molar-refractivity contribution in [2.24, 2.45) is 0 Å². The number of hydrogen-bond donors (Lipinski definition) is 1. The number of carbonyl (C=O) groups excluding carboxylic acids is 2. The molecule has 1 aliphatic carbocycles. The molecule has 31 heavy (non-hydrogen) atoms. The number of pyridine rings is 1. The largest absolute Gasteiger partial charge is 0.355 e. The molecule has 0 saturated carbocycles. The molecule has 6 nitrogen and oxygen atoms in total. The lowest BCUT2D eigenvalue weighted by Gasteiger charge is -2.40. The third-order valence-corrected chi connectivity index (χ3v) is 6.86. The van der Waals surface area contributed by atoms with Crippen LogP contribution in [0.3, 0.4) is 0 Å². The van der Waals surface area contributed by atoms with Crippen molar-refractivity contribution >= 4 is 11.8 Å². The molecule has 6 heteroatoms. The van der Waals surface area contributed by atoms with E-state index in [0.717, 1.165) is 38.9 Å². The number of benzene rings is 1. The summed E-state index contributed by atoms with van der Waals surface area (Å²) in [6.07, 6.45) is 6.75. The zero-order chi connectivity index (χ0) is 21.8. The van der Waals surface area contributed by atoms with Gasteiger partial charge in [0.2, 0.25) is 5.91 Å². The Bertz CT molecular complexity index is 920. The number of hydrogen-bond acceptors (Lipinski definition) is 4. The highest BCUT2D eigenvalue weighted by atomic mass is 16.2. The molecular formula is C25H32N4O2. The molecule has 2 heterocycles. The van der Waals surface area contributed by atoms with E-state index in [1.165, 1.54) is 11.1 Å². The molecule has 1 atom stereocenters. The molecule has 1 unspecified atom stereocenters. The Morgan fingerprint density at radius 2 is 1.84 bits per heavy atom. The lowest BCUT2D eigenvalue weighted by molar-refractivity contribution is -0.121. The summed E-state index contributed by atoms with van der Waals surface area (Å²) in [7, 11) is 4.02. The first kappa shape index (κ1) is 21.5. The van der Waals surface area contributed by atoms with E-state index < -0.39 is 0 Å². The summed E-state index contributed by atoms with van der Waals surface area (Å²) in [5.74, 6) is 0.461. The number of rotatable bonds is 6. The average Bonchev–Trinajstić information content (AvgIpc) is 3.07. The van der Waals surface area contributed by atoms with Crippen LogP contribution in [-0.4, -0.2) is 66.9 Å². The van der Waals surface area contributed by atoms with E-state index >= 15 is 0 Å². The fourth-order valence-corrected chi connectivity index (χ4v) is 5.21. The third kappa shape index (κ3) is 4.64. The van der Waals surface area contributed by atoms with Gasteiger partial charge in [0.05, 0.1) is 0 Å². The summed E-state index contributed by atoms with van der Waals surface area (Å²) in [6.45, 7) is 3.02. The van der Waals surface area contributed by atoms with Gasteiger partial charge in [-0.15, -0.1) is 0 Å². The van der Waals surface area contributed by atoms with Gasteiger partial charge in [0.15, 0.2) is 0 Å². The number of amides is 2. The second kappa shape index (κ2) is 9.18. The Labute approximate surface area is 184 Å². The van der Waals surface area contributed by atoms with Gasteiger partial charge >= 0.3 is 0 Å². The molecular weight excluding hydrogens is 388 g/mol. The van der Waals surface area contributed by atoms with Crippen molar-refractivity contribution in [1.29, 1.82) is 0 Å². The number of fused-ring (bicyclic) bond motifs is 2. The number of likely N-dealkylation sites (tertiary alicyclic amines) is 1. The zero-order valence-corrected chi connectivity index (χ0v) is 18.5. The van der Waals surface area contributed by atoms with Crippen LogP contribution in [0.25, 0.3) is 0 Å². The van der Waals surface area contributed by atoms with Gasteiger partial charge in [0, 0.05) is 50.6 Å². The Hall–Kier alpha value is -2.73. The lowest BCUT2D eigenvalue weighted by Crippen LogP contribution is -2.44. The maximum atomic E-state index is 12.8. The number of likely N-dealkylation sites (N-methyl/N-ethyl adjacent to an activating group) is 1. The number of carbonyl (C=O) groups is 2.